The molecule has 0 fully saturated rings. The van der Waals surface area contributed by atoms with Crippen LogP contribution < -0.4 is 5.32 Å². The second-order valence-electron chi connectivity index (χ2n) is 6.62. The van der Waals surface area contributed by atoms with E-state index in [1.807, 2.05) is 18.2 Å². The van der Waals surface area contributed by atoms with E-state index in [0.29, 0.717) is 17.9 Å². The maximum atomic E-state index is 12.9. The molecule has 0 aliphatic carbocycles. The van der Waals surface area contributed by atoms with Crippen LogP contribution in [-0.2, 0) is 11.3 Å². The Bertz CT molecular complexity index is 744. The standard InChI is InChI=1S/C20H23FN2O2/c1-23(2)11-3-4-19-18-10-5-14(12-15(18)13-25-19)20(24)22-17-8-6-16(21)7-9-17/h5-10,12,19H,3-4,11,13H2,1-2H3,(H,22,24). The van der Waals surface area contributed by atoms with Gasteiger partial charge < -0.3 is 15.0 Å². The smallest absolute Gasteiger partial charge is 0.255 e. The molecule has 1 atom stereocenters. The normalized spacial score (nSPS) is 16.1. The lowest BCUT2D eigenvalue weighted by Gasteiger charge is -2.14. The molecule has 1 amide bonds. The average molecular weight is 342 g/mol. The van der Waals surface area contributed by atoms with Crippen molar-refractivity contribution < 1.29 is 13.9 Å². The van der Waals surface area contributed by atoms with Gasteiger partial charge in [-0.1, -0.05) is 6.07 Å². The zero-order valence-electron chi connectivity index (χ0n) is 14.6. The number of nitrogens with one attached hydrogen (secondary N) is 1. The van der Waals surface area contributed by atoms with Gasteiger partial charge >= 0.3 is 0 Å². The molecule has 132 valence electrons. The largest absolute Gasteiger partial charge is 0.369 e. The molecule has 0 saturated carbocycles. The van der Waals surface area contributed by atoms with Crippen LogP contribution in [0.15, 0.2) is 42.5 Å². The van der Waals surface area contributed by atoms with E-state index in [4.69, 9.17) is 4.74 Å². The van der Waals surface area contributed by atoms with Crippen LogP contribution in [0, 0.1) is 5.82 Å². The lowest BCUT2D eigenvalue weighted by molar-refractivity contribution is 0.0573. The summed E-state index contributed by atoms with van der Waals surface area (Å²) in [5.41, 5.74) is 3.41. The number of amides is 1. The van der Waals surface area contributed by atoms with Crippen LogP contribution in [0.25, 0.3) is 0 Å². The molecule has 0 bridgehead atoms. The number of halogens is 1. The molecule has 3 rings (SSSR count). The Labute approximate surface area is 147 Å². The summed E-state index contributed by atoms with van der Waals surface area (Å²) in [5, 5.41) is 2.78. The molecule has 1 aliphatic rings. The van der Waals surface area contributed by atoms with Gasteiger partial charge in [0.1, 0.15) is 5.82 Å². The third-order valence-corrected chi connectivity index (χ3v) is 4.37. The molecular weight excluding hydrogens is 319 g/mol. The summed E-state index contributed by atoms with van der Waals surface area (Å²) in [4.78, 5) is 14.5. The summed E-state index contributed by atoms with van der Waals surface area (Å²) < 4.78 is 18.8. The molecule has 4 nitrogen and oxygen atoms in total. The summed E-state index contributed by atoms with van der Waals surface area (Å²) in [6.07, 6.45) is 2.17. The minimum Gasteiger partial charge on any atom is -0.369 e. The van der Waals surface area contributed by atoms with Crippen LogP contribution >= 0.6 is 0 Å². The first-order chi connectivity index (χ1) is 12.0. The number of carbonyl (C=O) groups excluding carboxylic acids is 1. The fourth-order valence-corrected chi connectivity index (χ4v) is 3.03. The predicted molar refractivity (Wildman–Crippen MR) is 96.1 cm³/mol. The molecule has 1 unspecified atom stereocenters. The molecule has 0 saturated heterocycles. The molecule has 5 heteroatoms. The molecule has 1 N–H and O–H groups in total. The number of nitrogens with zero attached hydrogens (tertiary/aromatic N) is 1. The predicted octanol–water partition coefficient (Wildman–Crippen LogP) is 3.99. The molecule has 0 aromatic heterocycles. The van der Waals surface area contributed by atoms with E-state index in [2.05, 4.69) is 24.3 Å². The van der Waals surface area contributed by atoms with Crippen LogP contribution in [0.3, 0.4) is 0 Å². The third-order valence-electron chi connectivity index (χ3n) is 4.37. The van der Waals surface area contributed by atoms with E-state index < -0.39 is 0 Å². The highest BCUT2D eigenvalue weighted by Gasteiger charge is 2.24. The maximum absolute atomic E-state index is 12.9. The minimum absolute atomic E-state index is 0.115. The quantitative estimate of drug-likeness (QED) is 0.863. The van der Waals surface area contributed by atoms with Crippen LogP contribution in [0.2, 0.25) is 0 Å². The van der Waals surface area contributed by atoms with Gasteiger partial charge in [-0.25, -0.2) is 4.39 Å². The van der Waals surface area contributed by atoms with Crippen LogP contribution in [-0.4, -0.2) is 31.4 Å². The van der Waals surface area contributed by atoms with E-state index in [9.17, 15) is 9.18 Å². The van der Waals surface area contributed by atoms with E-state index in [0.717, 1.165) is 24.9 Å². The summed E-state index contributed by atoms with van der Waals surface area (Å²) in [5.74, 6) is -0.529. The van der Waals surface area contributed by atoms with E-state index >= 15 is 0 Å². The van der Waals surface area contributed by atoms with Crippen molar-refractivity contribution in [2.45, 2.75) is 25.6 Å². The number of hydrogen-bond acceptors (Lipinski definition) is 3. The molecule has 2 aromatic carbocycles. The minimum atomic E-state index is -0.326. The lowest BCUT2D eigenvalue weighted by atomic mass is 9.99. The van der Waals surface area contributed by atoms with Crippen molar-refractivity contribution in [1.29, 1.82) is 0 Å². The number of rotatable bonds is 6. The second kappa shape index (κ2) is 7.76. The van der Waals surface area contributed by atoms with Crippen molar-refractivity contribution in [3.05, 3.63) is 65.0 Å². The van der Waals surface area contributed by atoms with Gasteiger partial charge in [0.15, 0.2) is 0 Å². The highest BCUT2D eigenvalue weighted by molar-refractivity contribution is 6.04. The summed E-state index contributed by atoms with van der Waals surface area (Å²) >= 11 is 0. The Hall–Kier alpha value is -2.24. The Morgan fingerprint density at radius 1 is 1.24 bits per heavy atom. The third kappa shape index (κ3) is 4.44. The summed E-state index contributed by atoms with van der Waals surface area (Å²) in [6.45, 7) is 1.58. The Kier molecular flexibility index (Phi) is 5.46. The Morgan fingerprint density at radius 3 is 2.72 bits per heavy atom. The molecular formula is C20H23FN2O2. The van der Waals surface area contributed by atoms with Crippen molar-refractivity contribution in [2.24, 2.45) is 0 Å². The van der Waals surface area contributed by atoms with Gasteiger partial charge in [-0.3, -0.25) is 4.79 Å². The van der Waals surface area contributed by atoms with Gasteiger partial charge in [-0.2, -0.15) is 0 Å². The number of hydrogen-bond donors (Lipinski definition) is 1. The van der Waals surface area contributed by atoms with Crippen molar-refractivity contribution in [2.75, 3.05) is 26.0 Å². The fraction of sp³-hybridized carbons (Fsp3) is 0.350. The first-order valence-electron chi connectivity index (χ1n) is 8.49. The van der Waals surface area contributed by atoms with Crippen molar-refractivity contribution in [3.63, 3.8) is 0 Å². The Morgan fingerprint density at radius 2 is 2.00 bits per heavy atom. The van der Waals surface area contributed by atoms with E-state index in [1.54, 1.807) is 12.1 Å². The molecule has 1 aliphatic heterocycles. The van der Waals surface area contributed by atoms with Crippen molar-refractivity contribution in [3.8, 4) is 0 Å². The first kappa shape index (κ1) is 17.6. The van der Waals surface area contributed by atoms with Gasteiger partial charge in [-0.05, 0) is 81.0 Å². The molecule has 1 heterocycles. The number of benzene rings is 2. The SMILES string of the molecule is CN(C)CCCC1OCc2cc(C(=O)Nc3ccc(F)cc3)ccc21. The monoisotopic (exact) mass is 342 g/mol. The molecule has 0 radical (unpaired) electrons. The highest BCUT2D eigenvalue weighted by atomic mass is 19.1. The molecule has 25 heavy (non-hydrogen) atoms. The van der Waals surface area contributed by atoms with E-state index in [1.165, 1.54) is 17.7 Å². The van der Waals surface area contributed by atoms with Gasteiger partial charge in [0.2, 0.25) is 0 Å². The second-order valence-corrected chi connectivity index (χ2v) is 6.62. The average Bonchev–Trinajstić information content (AvgIpc) is 2.99. The van der Waals surface area contributed by atoms with Gasteiger partial charge in [0.25, 0.3) is 5.91 Å². The highest BCUT2D eigenvalue weighted by Crippen LogP contribution is 2.34. The van der Waals surface area contributed by atoms with Gasteiger partial charge in [0, 0.05) is 11.3 Å². The summed E-state index contributed by atoms with van der Waals surface area (Å²) in [7, 11) is 4.13. The van der Waals surface area contributed by atoms with Crippen LogP contribution in [0.5, 0.6) is 0 Å². The number of fused-ring (bicyclic) bond motifs is 1. The first-order valence-corrected chi connectivity index (χ1v) is 8.49. The van der Waals surface area contributed by atoms with E-state index in [-0.39, 0.29) is 17.8 Å². The van der Waals surface area contributed by atoms with Crippen LogP contribution in [0.4, 0.5) is 10.1 Å². The zero-order valence-corrected chi connectivity index (χ0v) is 14.6. The maximum Gasteiger partial charge on any atom is 0.255 e. The molecule has 0 spiro atoms. The van der Waals surface area contributed by atoms with Crippen molar-refractivity contribution >= 4 is 11.6 Å². The number of carbonyl (C=O) groups is 1. The van der Waals surface area contributed by atoms with Crippen molar-refractivity contribution in [1.82, 2.24) is 4.90 Å². The number of ether oxygens (including phenoxy) is 1. The zero-order chi connectivity index (χ0) is 17.8. The van der Waals surface area contributed by atoms with Gasteiger partial charge in [0.05, 0.1) is 12.7 Å². The lowest BCUT2D eigenvalue weighted by Crippen LogP contribution is -2.14. The van der Waals surface area contributed by atoms with Gasteiger partial charge in [-0.15, -0.1) is 0 Å². The number of anilines is 1. The summed E-state index contributed by atoms with van der Waals surface area (Å²) in [6, 6.07) is 11.4. The fourth-order valence-electron chi connectivity index (χ4n) is 3.03. The topological polar surface area (TPSA) is 41.6 Å². The molecule has 2 aromatic rings. The van der Waals surface area contributed by atoms with Crippen LogP contribution in [0.1, 0.15) is 40.4 Å². The Balaban J connectivity index is 1.65.